The van der Waals surface area contributed by atoms with E-state index in [1.54, 1.807) is 18.2 Å². The predicted molar refractivity (Wildman–Crippen MR) is 124 cm³/mol. The first kappa shape index (κ1) is 26.0. The highest BCUT2D eigenvalue weighted by Crippen LogP contribution is 2.02. The van der Waals surface area contributed by atoms with E-state index < -0.39 is 6.61 Å². The summed E-state index contributed by atoms with van der Waals surface area (Å²) in [5.41, 5.74) is 4.16. The summed E-state index contributed by atoms with van der Waals surface area (Å²) in [6, 6.07) is 0. The highest BCUT2D eigenvalue weighted by atomic mass is 16.3. The number of aliphatic hydroxyl groups is 1. The minimum absolute atomic E-state index is 0.0404. The quantitative estimate of drug-likeness (QED) is 0.362. The topological polar surface area (TPSA) is 54.4 Å². The number of hydrogen-bond acceptors (Lipinski definition) is 3. The van der Waals surface area contributed by atoms with Gasteiger partial charge in [-0.15, -0.1) is 0 Å². The number of carbonyl (C=O) groups is 2. The number of ketones is 2. The molecule has 0 heterocycles. The van der Waals surface area contributed by atoms with E-state index in [0.29, 0.717) is 0 Å². The zero-order valence-corrected chi connectivity index (χ0v) is 18.1. The molecule has 0 saturated heterocycles. The smallest absolute Gasteiger partial charge is 0.181 e. The molecule has 3 nitrogen and oxygen atoms in total. The van der Waals surface area contributed by atoms with Gasteiger partial charge in [0.25, 0.3) is 0 Å². The molecule has 0 bridgehead atoms. The average molecular weight is 393 g/mol. The molecule has 0 aromatic heterocycles. The molecule has 0 spiro atoms. The molecule has 0 rings (SSSR count). The van der Waals surface area contributed by atoms with E-state index in [-0.39, 0.29) is 11.6 Å². The Bertz CT molecular complexity index is 820. The molecule has 0 radical (unpaired) electrons. The van der Waals surface area contributed by atoms with E-state index in [0.717, 1.165) is 22.3 Å². The molecule has 0 amide bonds. The number of carbonyl (C=O) groups excluding carboxylic acids is 2. The Morgan fingerprint density at radius 2 is 0.931 bits per heavy atom. The van der Waals surface area contributed by atoms with Gasteiger partial charge in [0.15, 0.2) is 11.6 Å². The van der Waals surface area contributed by atoms with Crippen LogP contribution in [0.4, 0.5) is 0 Å². The maximum Gasteiger partial charge on any atom is 0.181 e. The van der Waals surface area contributed by atoms with Crippen molar-refractivity contribution in [1.29, 1.82) is 0 Å². The van der Waals surface area contributed by atoms with Crippen LogP contribution >= 0.6 is 0 Å². The Morgan fingerprint density at radius 1 is 0.552 bits per heavy atom. The predicted octanol–water partition coefficient (Wildman–Crippen LogP) is 5.70. The normalized spacial score (nSPS) is 15.1. The lowest BCUT2D eigenvalue weighted by atomic mass is 10.2. The van der Waals surface area contributed by atoms with Crippen LogP contribution in [0.1, 0.15) is 34.6 Å². The van der Waals surface area contributed by atoms with Crippen molar-refractivity contribution in [3.8, 4) is 0 Å². The molecule has 154 valence electrons. The molecule has 0 aliphatic heterocycles. The van der Waals surface area contributed by atoms with Crippen LogP contribution in [0.2, 0.25) is 0 Å². The molecule has 1 N–H and O–H groups in total. The second kappa shape index (κ2) is 16.0. The third-order valence-electron chi connectivity index (χ3n) is 3.53. The van der Waals surface area contributed by atoms with E-state index >= 15 is 0 Å². The van der Waals surface area contributed by atoms with Gasteiger partial charge in [-0.3, -0.25) is 9.59 Å². The van der Waals surface area contributed by atoms with Crippen molar-refractivity contribution in [2.45, 2.75) is 34.6 Å². The first-order valence-corrected chi connectivity index (χ1v) is 9.46. The van der Waals surface area contributed by atoms with Crippen LogP contribution in [0.3, 0.4) is 0 Å². The van der Waals surface area contributed by atoms with Gasteiger partial charge in [0.05, 0.1) is 0 Å². The van der Waals surface area contributed by atoms with E-state index in [4.69, 9.17) is 5.11 Å². The zero-order valence-electron chi connectivity index (χ0n) is 18.1. The highest BCUT2D eigenvalue weighted by Gasteiger charge is 1.89. The number of allylic oxidation sites excluding steroid dienone is 17. The fourth-order valence-electron chi connectivity index (χ4n) is 1.87. The monoisotopic (exact) mass is 392 g/mol. The summed E-state index contributed by atoms with van der Waals surface area (Å²) < 4.78 is 0. The molecule has 3 heteroatoms. The van der Waals surface area contributed by atoms with E-state index in [2.05, 4.69) is 0 Å². The van der Waals surface area contributed by atoms with Crippen LogP contribution in [0.15, 0.2) is 107 Å². The second-order valence-electron chi connectivity index (χ2n) is 6.65. The number of aliphatic hydroxyl groups excluding tert-OH is 1. The molecule has 0 aromatic carbocycles. The third kappa shape index (κ3) is 16.8. The van der Waals surface area contributed by atoms with Gasteiger partial charge in [-0.1, -0.05) is 95.2 Å². The minimum Gasteiger partial charge on any atom is -0.388 e. The lowest BCUT2D eigenvalue weighted by molar-refractivity contribution is -0.117. The summed E-state index contributed by atoms with van der Waals surface area (Å²) in [4.78, 5) is 21.9. The second-order valence-corrected chi connectivity index (χ2v) is 6.65. The Labute approximate surface area is 175 Å². The summed E-state index contributed by atoms with van der Waals surface area (Å²) in [5, 5.41) is 8.66. The van der Waals surface area contributed by atoms with E-state index in [1.165, 1.54) is 13.0 Å². The first-order valence-electron chi connectivity index (χ1n) is 9.46. The van der Waals surface area contributed by atoms with Crippen LogP contribution in [0, 0.1) is 0 Å². The maximum absolute atomic E-state index is 11.0. The van der Waals surface area contributed by atoms with Gasteiger partial charge in [-0.2, -0.15) is 0 Å². The van der Waals surface area contributed by atoms with E-state index in [9.17, 15) is 9.59 Å². The van der Waals surface area contributed by atoms with Gasteiger partial charge in [-0.25, -0.2) is 0 Å². The summed E-state index contributed by atoms with van der Waals surface area (Å²) in [7, 11) is 0. The summed E-state index contributed by atoms with van der Waals surface area (Å²) in [6.45, 7) is 8.94. The van der Waals surface area contributed by atoms with Crippen molar-refractivity contribution in [2.24, 2.45) is 0 Å². The minimum atomic E-state index is -0.466. The van der Waals surface area contributed by atoms with E-state index in [1.807, 2.05) is 88.5 Å². The molecule has 0 aromatic rings. The number of rotatable bonds is 11. The van der Waals surface area contributed by atoms with Crippen LogP contribution in [0.5, 0.6) is 0 Å². The van der Waals surface area contributed by atoms with Gasteiger partial charge in [-0.05, 0) is 46.8 Å². The fourth-order valence-corrected chi connectivity index (χ4v) is 1.87. The lowest BCUT2D eigenvalue weighted by Crippen LogP contribution is -1.97. The van der Waals surface area contributed by atoms with Crippen LogP contribution in [-0.4, -0.2) is 23.3 Å². The lowest BCUT2D eigenvalue weighted by Gasteiger charge is -1.91. The van der Waals surface area contributed by atoms with Crippen LogP contribution in [-0.2, 0) is 9.59 Å². The Hall–Kier alpha value is -3.04. The molecule has 0 atom stereocenters. The van der Waals surface area contributed by atoms with Gasteiger partial charge < -0.3 is 5.11 Å². The molecule has 0 saturated carbocycles. The van der Waals surface area contributed by atoms with Crippen LogP contribution in [0.25, 0.3) is 0 Å². The highest BCUT2D eigenvalue weighted by molar-refractivity contribution is 5.90. The largest absolute Gasteiger partial charge is 0.388 e. The van der Waals surface area contributed by atoms with Crippen LogP contribution < -0.4 is 0 Å². The van der Waals surface area contributed by atoms with Crippen molar-refractivity contribution >= 4 is 11.6 Å². The molecule has 0 aliphatic rings. The summed E-state index contributed by atoms with van der Waals surface area (Å²) in [5.74, 6) is -0.268. The molecular formula is C26H32O3. The van der Waals surface area contributed by atoms with Gasteiger partial charge >= 0.3 is 0 Å². The van der Waals surface area contributed by atoms with Crippen molar-refractivity contribution in [2.75, 3.05) is 6.61 Å². The Kier molecular flexibility index (Phi) is 14.3. The SMILES string of the molecule is CC(=O)/C=C/C(C)=C/C=C/C(C)=C/C=C/C=C(C)/C=C/C=C(C)/C=C/C(=O)CO. The standard InChI is InChI=1S/C26H32O3/c1-21(12-8-14-23(3)16-18-25(5)28)10-6-7-11-22(2)13-9-15-24(4)17-19-26(29)20-27/h6-19,27H,20H2,1-5H3/b7-6+,12-8+,13-9+,18-16+,19-17+,21-10+,22-11+,23-14+,24-15+. The summed E-state index contributed by atoms with van der Waals surface area (Å²) in [6.07, 6.45) is 26.1. The van der Waals surface area contributed by atoms with Crippen molar-refractivity contribution < 1.29 is 14.7 Å². The average Bonchev–Trinajstić information content (AvgIpc) is 2.67. The number of hydrogen-bond donors (Lipinski definition) is 1. The van der Waals surface area contributed by atoms with Crippen molar-refractivity contribution in [3.63, 3.8) is 0 Å². The van der Waals surface area contributed by atoms with Gasteiger partial charge in [0, 0.05) is 0 Å². The molecule has 29 heavy (non-hydrogen) atoms. The Balaban J connectivity index is 4.67. The zero-order chi connectivity index (χ0) is 22.1. The molecule has 0 aliphatic carbocycles. The Morgan fingerprint density at radius 3 is 1.34 bits per heavy atom. The fraction of sp³-hybridized carbons (Fsp3) is 0.231. The maximum atomic E-state index is 11.0. The molecule has 0 fully saturated rings. The third-order valence-corrected chi connectivity index (χ3v) is 3.53. The first-order chi connectivity index (χ1) is 13.7. The molecule has 0 unspecified atom stereocenters. The van der Waals surface area contributed by atoms with Gasteiger partial charge in [0.1, 0.15) is 6.61 Å². The van der Waals surface area contributed by atoms with Crippen molar-refractivity contribution in [1.82, 2.24) is 0 Å². The van der Waals surface area contributed by atoms with Gasteiger partial charge in [0.2, 0.25) is 0 Å². The summed E-state index contributed by atoms with van der Waals surface area (Å²) >= 11 is 0. The van der Waals surface area contributed by atoms with Crippen molar-refractivity contribution in [3.05, 3.63) is 107 Å². The molecular weight excluding hydrogens is 360 g/mol.